The van der Waals surface area contributed by atoms with Crippen LogP contribution in [0.4, 0.5) is 0 Å². The van der Waals surface area contributed by atoms with Crippen LogP contribution in [0.3, 0.4) is 0 Å². The lowest BCUT2D eigenvalue weighted by Gasteiger charge is -2.36. The van der Waals surface area contributed by atoms with Gasteiger partial charge in [-0.3, -0.25) is 0 Å². The Morgan fingerprint density at radius 2 is 1.80 bits per heavy atom. The predicted molar refractivity (Wildman–Crippen MR) is 98.4 cm³/mol. The van der Waals surface area contributed by atoms with E-state index >= 15 is 0 Å². The van der Waals surface area contributed by atoms with E-state index in [1.807, 2.05) is 49.4 Å². The minimum absolute atomic E-state index is 0.202. The second kappa shape index (κ2) is 8.83. The first-order chi connectivity index (χ1) is 12.1. The van der Waals surface area contributed by atoms with Gasteiger partial charge in [-0.2, -0.15) is 0 Å². The van der Waals surface area contributed by atoms with Crippen LogP contribution in [0.1, 0.15) is 17.5 Å². The van der Waals surface area contributed by atoms with Crippen molar-refractivity contribution in [3.8, 4) is 0 Å². The molecule has 4 atom stereocenters. The van der Waals surface area contributed by atoms with E-state index in [0.29, 0.717) is 13.0 Å². The molecule has 2 N–H and O–H groups in total. The number of aliphatic hydroxyl groups is 2. The van der Waals surface area contributed by atoms with Gasteiger partial charge in [-0.25, -0.2) is 0 Å². The molecule has 1 fully saturated rings. The molecule has 0 unspecified atom stereocenters. The molecule has 2 aromatic carbocycles. The number of aliphatic hydroxyl groups excluding tert-OH is 2. The fraction of sp³-hybridized carbons (Fsp3) is 0.400. The maximum atomic E-state index is 10.2. The quantitative estimate of drug-likeness (QED) is 0.829. The average molecular weight is 360 g/mol. The normalized spacial score (nSPS) is 26.5. The SMILES string of the molecule is Cc1ccc(S[C@H]2C[C@H](O)[C@@H](O)[C@@H](COCc3ccccc3)O2)cc1. The summed E-state index contributed by atoms with van der Waals surface area (Å²) in [5, 5.41) is 20.3. The number of hydrogen-bond donors (Lipinski definition) is 2. The van der Waals surface area contributed by atoms with Crippen LogP contribution in [0, 0.1) is 6.92 Å². The maximum absolute atomic E-state index is 10.2. The third kappa shape index (κ3) is 5.30. The fourth-order valence-electron chi connectivity index (χ4n) is 2.76. The molecule has 0 bridgehead atoms. The summed E-state index contributed by atoms with van der Waals surface area (Å²) in [7, 11) is 0. The van der Waals surface area contributed by atoms with Crippen molar-refractivity contribution in [3.63, 3.8) is 0 Å². The summed E-state index contributed by atoms with van der Waals surface area (Å²) >= 11 is 1.56. The van der Waals surface area contributed by atoms with Gasteiger partial charge in [-0.1, -0.05) is 59.8 Å². The van der Waals surface area contributed by atoms with Gasteiger partial charge in [0.1, 0.15) is 17.6 Å². The Morgan fingerprint density at radius 1 is 1.08 bits per heavy atom. The van der Waals surface area contributed by atoms with Crippen molar-refractivity contribution in [2.24, 2.45) is 0 Å². The molecule has 0 spiro atoms. The van der Waals surface area contributed by atoms with E-state index < -0.39 is 18.3 Å². The molecular weight excluding hydrogens is 336 g/mol. The van der Waals surface area contributed by atoms with Crippen LogP contribution in [-0.2, 0) is 16.1 Å². The standard InChI is InChI=1S/C20H24O4S/c1-14-7-9-16(10-8-14)25-19-11-17(21)20(22)18(24-19)13-23-12-15-5-3-2-4-6-15/h2-10,17-22H,11-13H2,1H3/t17-,18+,19-,20+/m0/s1. The number of aryl methyl sites for hydroxylation is 1. The van der Waals surface area contributed by atoms with E-state index in [4.69, 9.17) is 9.47 Å². The average Bonchev–Trinajstić information content (AvgIpc) is 2.62. The Morgan fingerprint density at radius 3 is 2.52 bits per heavy atom. The number of hydrogen-bond acceptors (Lipinski definition) is 5. The van der Waals surface area contributed by atoms with E-state index in [9.17, 15) is 10.2 Å². The van der Waals surface area contributed by atoms with Crippen molar-refractivity contribution in [1.82, 2.24) is 0 Å². The van der Waals surface area contributed by atoms with Gasteiger partial charge >= 0.3 is 0 Å². The van der Waals surface area contributed by atoms with E-state index in [0.717, 1.165) is 10.5 Å². The van der Waals surface area contributed by atoms with Crippen molar-refractivity contribution in [2.75, 3.05) is 6.61 Å². The minimum Gasteiger partial charge on any atom is -0.390 e. The summed E-state index contributed by atoms with van der Waals surface area (Å²) in [6.45, 7) is 2.75. The molecular formula is C20H24O4S. The Labute approximate surface area is 152 Å². The van der Waals surface area contributed by atoms with Crippen molar-refractivity contribution < 1.29 is 19.7 Å². The summed E-state index contributed by atoms with van der Waals surface area (Å²) in [5.74, 6) is 0. The number of ether oxygens (including phenoxy) is 2. The first-order valence-electron chi connectivity index (χ1n) is 8.48. The third-order valence-corrected chi connectivity index (χ3v) is 5.33. The first-order valence-corrected chi connectivity index (χ1v) is 9.36. The molecule has 0 radical (unpaired) electrons. The Bertz CT molecular complexity index is 647. The number of benzene rings is 2. The van der Waals surface area contributed by atoms with Crippen LogP contribution in [-0.4, -0.2) is 40.6 Å². The zero-order valence-corrected chi connectivity index (χ0v) is 15.1. The number of thioether (sulfide) groups is 1. The molecule has 25 heavy (non-hydrogen) atoms. The third-order valence-electron chi connectivity index (χ3n) is 4.22. The summed E-state index contributed by atoms with van der Waals surface area (Å²) in [6.07, 6.45) is -1.86. The van der Waals surface area contributed by atoms with Crippen LogP contribution in [0.15, 0.2) is 59.5 Å². The molecule has 3 rings (SSSR count). The molecule has 4 nitrogen and oxygen atoms in total. The topological polar surface area (TPSA) is 58.9 Å². The molecule has 1 aliphatic rings. The molecule has 5 heteroatoms. The van der Waals surface area contributed by atoms with Gasteiger partial charge in [-0.15, -0.1) is 0 Å². The van der Waals surface area contributed by atoms with Crippen LogP contribution in [0.25, 0.3) is 0 Å². The van der Waals surface area contributed by atoms with Gasteiger partial charge in [0.25, 0.3) is 0 Å². The molecule has 1 heterocycles. The highest BCUT2D eigenvalue weighted by Gasteiger charge is 2.37. The van der Waals surface area contributed by atoms with Crippen LogP contribution in [0.5, 0.6) is 0 Å². The Kier molecular flexibility index (Phi) is 6.51. The van der Waals surface area contributed by atoms with Gasteiger partial charge in [0.15, 0.2) is 0 Å². The van der Waals surface area contributed by atoms with E-state index in [-0.39, 0.29) is 12.0 Å². The molecule has 2 aromatic rings. The second-order valence-electron chi connectivity index (χ2n) is 6.33. The largest absolute Gasteiger partial charge is 0.390 e. The molecule has 1 saturated heterocycles. The van der Waals surface area contributed by atoms with Gasteiger partial charge in [0.05, 0.1) is 19.3 Å². The van der Waals surface area contributed by atoms with Crippen molar-refractivity contribution in [1.29, 1.82) is 0 Å². The lowest BCUT2D eigenvalue weighted by molar-refractivity contribution is -0.165. The second-order valence-corrected chi connectivity index (χ2v) is 7.56. The summed E-state index contributed by atoms with van der Waals surface area (Å²) in [5.41, 5.74) is 2.07. The van der Waals surface area contributed by atoms with Gasteiger partial charge in [-0.05, 0) is 24.6 Å². The maximum Gasteiger partial charge on any atom is 0.111 e. The monoisotopic (exact) mass is 360 g/mol. The zero-order chi connectivity index (χ0) is 17.6. The van der Waals surface area contributed by atoms with Crippen LogP contribution < -0.4 is 0 Å². The van der Waals surface area contributed by atoms with Gasteiger partial charge in [0, 0.05) is 11.3 Å². The van der Waals surface area contributed by atoms with E-state index in [1.165, 1.54) is 5.56 Å². The Hall–Kier alpha value is -1.37. The molecule has 0 amide bonds. The molecule has 0 aliphatic carbocycles. The van der Waals surface area contributed by atoms with E-state index in [1.54, 1.807) is 11.8 Å². The summed E-state index contributed by atoms with van der Waals surface area (Å²) in [4.78, 5) is 1.09. The molecule has 0 saturated carbocycles. The van der Waals surface area contributed by atoms with Crippen LogP contribution in [0.2, 0.25) is 0 Å². The highest BCUT2D eigenvalue weighted by Crippen LogP contribution is 2.33. The first kappa shape index (κ1) is 18.4. The summed E-state index contributed by atoms with van der Waals surface area (Å²) < 4.78 is 11.7. The summed E-state index contributed by atoms with van der Waals surface area (Å²) in [6, 6.07) is 18.1. The van der Waals surface area contributed by atoms with Gasteiger partial charge in [0.2, 0.25) is 0 Å². The van der Waals surface area contributed by atoms with Crippen molar-refractivity contribution >= 4 is 11.8 Å². The minimum atomic E-state index is -0.925. The fourth-order valence-corrected chi connectivity index (χ4v) is 3.85. The van der Waals surface area contributed by atoms with Crippen molar-refractivity contribution in [3.05, 3.63) is 65.7 Å². The lowest BCUT2D eigenvalue weighted by atomic mass is 10.0. The lowest BCUT2D eigenvalue weighted by Crippen LogP contribution is -2.49. The Balaban J connectivity index is 1.54. The van der Waals surface area contributed by atoms with E-state index in [2.05, 4.69) is 12.1 Å². The predicted octanol–water partition coefficient (Wildman–Crippen LogP) is 3.14. The number of rotatable bonds is 6. The molecule has 1 aliphatic heterocycles. The highest BCUT2D eigenvalue weighted by atomic mass is 32.2. The van der Waals surface area contributed by atoms with Gasteiger partial charge < -0.3 is 19.7 Å². The smallest absolute Gasteiger partial charge is 0.111 e. The highest BCUT2D eigenvalue weighted by molar-refractivity contribution is 7.99. The van der Waals surface area contributed by atoms with Crippen LogP contribution >= 0.6 is 11.8 Å². The molecule has 0 aromatic heterocycles. The van der Waals surface area contributed by atoms with Crippen molar-refractivity contribution in [2.45, 2.75) is 48.6 Å². The molecule has 134 valence electrons. The zero-order valence-electron chi connectivity index (χ0n) is 14.2.